The number of rotatable bonds is 18. The lowest BCUT2D eigenvalue weighted by Crippen LogP contribution is -2.62. The van der Waals surface area contributed by atoms with E-state index in [0.29, 0.717) is 0 Å². The lowest BCUT2D eigenvalue weighted by molar-refractivity contribution is -0.152. The van der Waals surface area contributed by atoms with Crippen LogP contribution in [-0.4, -0.2) is 234 Å². The van der Waals surface area contributed by atoms with Crippen LogP contribution in [-0.2, 0) is 90.3 Å². The van der Waals surface area contributed by atoms with Crippen LogP contribution in [0.2, 0.25) is 0 Å². The molecule has 18 atom stereocenters. The van der Waals surface area contributed by atoms with Crippen LogP contribution in [0.5, 0.6) is 0 Å². The molecular weight excluding hydrogens is 860 g/mol. The first kappa shape index (κ1) is 49.1. The molecule has 0 radical (unpaired) electrons. The summed E-state index contributed by atoms with van der Waals surface area (Å²) >= 11 is 0. The highest BCUT2D eigenvalue weighted by atomic mass is 16.6. The number of hydrogen-bond acceptors (Lipinski definition) is 20. The standard InChI is InChI=1S/C37H56N8O19/c1-52-14-8-60-27(33(47)41-22-16(54-3)10-62-29(22)35(49)43-24-18(56-5)12-64-31(24)37(51)58-7)20(14)39-32(46)26-21(15(53-2)9-59-26)40-34(48)28-23(17(55-4)11-61-28)42-36(50)30-25(44-45-38)19(57-6)13-63-30/h14-31H,8-13H2,1-7H3,(H,39,46)(H,40,48)(H,41,47)(H,42,50)(H,43,49)/t14-,15-,16-,17-,18-,19-,20-,21-,22-,23-,24-,25-,26-,27-,28-,29-,30-,31-/m1/s1. The molecule has 0 spiro atoms. The van der Waals surface area contributed by atoms with E-state index in [1.807, 2.05) is 0 Å². The molecule has 6 aliphatic heterocycles. The van der Waals surface area contributed by atoms with Gasteiger partial charge in [-0.05, 0) is 5.53 Å². The number of carbonyl (C=O) groups excluding carboxylic acids is 6. The summed E-state index contributed by atoms with van der Waals surface area (Å²) in [5.74, 6) is -4.36. The summed E-state index contributed by atoms with van der Waals surface area (Å²) in [6.07, 6.45) is -12.4. The lowest BCUT2D eigenvalue weighted by atomic mass is 10.0. The van der Waals surface area contributed by atoms with Crippen LogP contribution in [0.25, 0.3) is 10.4 Å². The molecule has 6 rings (SSSR count). The van der Waals surface area contributed by atoms with Gasteiger partial charge in [0.05, 0.1) is 83.1 Å². The van der Waals surface area contributed by atoms with Crippen molar-refractivity contribution in [1.29, 1.82) is 0 Å². The summed E-state index contributed by atoms with van der Waals surface area (Å²) < 4.78 is 72.0. The molecule has 358 valence electrons. The Balaban J connectivity index is 1.12. The first-order chi connectivity index (χ1) is 30.9. The third-order valence-corrected chi connectivity index (χ3v) is 12.2. The molecule has 64 heavy (non-hydrogen) atoms. The fraction of sp³-hybridized carbons (Fsp3) is 0.838. The van der Waals surface area contributed by atoms with E-state index in [4.69, 9.17) is 67.1 Å². The van der Waals surface area contributed by atoms with E-state index >= 15 is 0 Å². The van der Waals surface area contributed by atoms with Gasteiger partial charge in [0.25, 0.3) is 23.6 Å². The number of ether oxygens (including phenoxy) is 13. The molecule has 5 N–H and O–H groups in total. The van der Waals surface area contributed by atoms with Crippen molar-refractivity contribution in [3.8, 4) is 0 Å². The van der Waals surface area contributed by atoms with Crippen LogP contribution in [0.4, 0.5) is 0 Å². The normalized spacial score (nSPS) is 39.2. The third-order valence-electron chi connectivity index (χ3n) is 12.2. The van der Waals surface area contributed by atoms with Crippen molar-refractivity contribution >= 4 is 35.5 Å². The molecule has 0 aromatic rings. The van der Waals surface area contributed by atoms with Crippen LogP contribution in [0.15, 0.2) is 5.11 Å². The monoisotopic (exact) mass is 916 g/mol. The first-order valence-electron chi connectivity index (χ1n) is 20.4. The van der Waals surface area contributed by atoms with Crippen molar-refractivity contribution in [1.82, 2.24) is 26.6 Å². The Morgan fingerprint density at radius 2 is 0.672 bits per heavy atom. The molecule has 0 saturated carbocycles. The summed E-state index contributed by atoms with van der Waals surface area (Å²) in [7, 11) is 9.46. The molecule has 27 nitrogen and oxygen atoms in total. The van der Waals surface area contributed by atoms with Gasteiger partial charge in [-0.25, -0.2) is 4.79 Å². The average Bonchev–Trinajstić information content (AvgIpc) is 4.16. The highest BCUT2D eigenvalue weighted by Crippen LogP contribution is 2.27. The Labute approximate surface area is 366 Å². The number of azide groups is 1. The summed E-state index contributed by atoms with van der Waals surface area (Å²) in [4.78, 5) is 84.4. The van der Waals surface area contributed by atoms with Gasteiger partial charge in [0.15, 0.2) is 30.5 Å². The van der Waals surface area contributed by atoms with Gasteiger partial charge in [0.1, 0.15) is 42.7 Å². The number of nitrogens with zero attached hydrogens (tertiary/aromatic N) is 3. The zero-order valence-electron chi connectivity index (χ0n) is 36.2. The molecule has 6 saturated heterocycles. The van der Waals surface area contributed by atoms with Crippen molar-refractivity contribution < 1.29 is 90.3 Å². The van der Waals surface area contributed by atoms with Crippen molar-refractivity contribution in [3.63, 3.8) is 0 Å². The maximum absolute atomic E-state index is 14.1. The van der Waals surface area contributed by atoms with Crippen molar-refractivity contribution in [2.45, 2.75) is 109 Å². The third kappa shape index (κ3) is 10.2. The van der Waals surface area contributed by atoms with E-state index in [2.05, 4.69) is 36.6 Å². The Kier molecular flexibility index (Phi) is 17.0. The van der Waals surface area contributed by atoms with Crippen LogP contribution >= 0.6 is 0 Å². The van der Waals surface area contributed by atoms with Gasteiger partial charge in [-0.1, -0.05) is 5.11 Å². The van der Waals surface area contributed by atoms with Gasteiger partial charge in [-0.2, -0.15) is 0 Å². The lowest BCUT2D eigenvalue weighted by Gasteiger charge is -2.30. The molecule has 0 bridgehead atoms. The second-order valence-electron chi connectivity index (χ2n) is 15.6. The molecule has 27 heteroatoms. The smallest absolute Gasteiger partial charge is 0.337 e. The van der Waals surface area contributed by atoms with Gasteiger partial charge in [0.2, 0.25) is 5.91 Å². The second-order valence-corrected chi connectivity index (χ2v) is 15.6. The second kappa shape index (κ2) is 22.2. The Morgan fingerprint density at radius 3 is 0.953 bits per heavy atom. The molecular formula is C37H56N8O19. The maximum Gasteiger partial charge on any atom is 0.337 e. The van der Waals surface area contributed by atoms with E-state index in [0.717, 1.165) is 0 Å². The molecule has 6 aliphatic rings. The summed E-state index contributed by atoms with van der Waals surface area (Å²) in [6, 6.07) is -6.26. The highest BCUT2D eigenvalue weighted by molar-refractivity contribution is 5.90. The zero-order chi connectivity index (χ0) is 46.2. The number of methoxy groups -OCH3 is 7. The SMILES string of the molecule is COC(=O)[C@@H]1OC[C@@H](OC)[C@H]1NC(=O)[C@@H]1OC[C@@H](OC)[C@H]1NC(=O)[C@@H]1OC[C@@H](OC)[C@H]1NC(=O)[C@@H]1OC[C@@H](OC)[C@H]1NC(=O)[C@@H]1OC[C@@H](OC)[C@H]1NC(=O)[C@@H]1OC[C@@H](OC)[C@H]1N=[N+]=[N-]. The molecule has 6 heterocycles. The quantitative estimate of drug-likeness (QED) is 0.0371. The minimum atomic E-state index is -1.37. The van der Waals surface area contributed by atoms with Gasteiger partial charge in [0, 0.05) is 47.6 Å². The maximum atomic E-state index is 14.1. The number of carbonyl (C=O) groups is 6. The topological polar surface area (TPSA) is 331 Å². The van der Waals surface area contributed by atoms with Crippen molar-refractivity contribution in [2.24, 2.45) is 5.11 Å². The summed E-state index contributed by atoms with van der Waals surface area (Å²) in [5, 5.41) is 17.4. The summed E-state index contributed by atoms with van der Waals surface area (Å²) in [6.45, 7) is -0.412. The molecule has 0 aromatic carbocycles. The van der Waals surface area contributed by atoms with Crippen LogP contribution in [0.3, 0.4) is 0 Å². The van der Waals surface area contributed by atoms with E-state index in [1.165, 1.54) is 49.8 Å². The molecule has 6 fully saturated rings. The number of nitrogens with one attached hydrogen (secondary N) is 5. The minimum absolute atomic E-state index is 0.00476. The molecule has 0 unspecified atom stereocenters. The predicted octanol–water partition coefficient (Wildman–Crippen LogP) is -5.25. The number of esters is 1. The zero-order valence-corrected chi connectivity index (χ0v) is 36.2. The van der Waals surface area contributed by atoms with Crippen molar-refractivity contribution in [3.05, 3.63) is 10.4 Å². The number of amides is 5. The van der Waals surface area contributed by atoms with Gasteiger partial charge in [-0.3, -0.25) is 24.0 Å². The molecule has 0 aliphatic carbocycles. The van der Waals surface area contributed by atoms with Crippen LogP contribution in [0, 0.1) is 0 Å². The number of hydrogen-bond donors (Lipinski definition) is 5. The fourth-order valence-corrected chi connectivity index (χ4v) is 8.66. The predicted molar refractivity (Wildman–Crippen MR) is 208 cm³/mol. The Hall–Kier alpha value is -4.35. The van der Waals surface area contributed by atoms with Crippen LogP contribution in [0.1, 0.15) is 0 Å². The average molecular weight is 917 g/mol. The van der Waals surface area contributed by atoms with Crippen LogP contribution < -0.4 is 26.6 Å². The molecule has 5 amide bonds. The van der Waals surface area contributed by atoms with Gasteiger partial charge >= 0.3 is 5.97 Å². The Bertz CT molecular complexity index is 1740. The Morgan fingerprint density at radius 1 is 0.422 bits per heavy atom. The van der Waals surface area contributed by atoms with Gasteiger partial charge in [-0.15, -0.1) is 0 Å². The summed E-state index contributed by atoms with van der Waals surface area (Å²) in [5.41, 5.74) is 9.07. The minimum Gasteiger partial charge on any atom is -0.467 e. The largest absolute Gasteiger partial charge is 0.467 e. The van der Waals surface area contributed by atoms with E-state index < -0.39 is 145 Å². The molecule has 0 aromatic heterocycles. The first-order valence-corrected chi connectivity index (χ1v) is 20.4. The highest BCUT2D eigenvalue weighted by Gasteiger charge is 2.53. The van der Waals surface area contributed by atoms with Gasteiger partial charge < -0.3 is 88.2 Å². The van der Waals surface area contributed by atoms with E-state index in [-0.39, 0.29) is 39.6 Å². The van der Waals surface area contributed by atoms with E-state index in [1.54, 1.807) is 0 Å². The van der Waals surface area contributed by atoms with Crippen molar-refractivity contribution in [2.75, 3.05) is 89.4 Å². The van der Waals surface area contributed by atoms with E-state index in [9.17, 15) is 28.8 Å². The fourth-order valence-electron chi connectivity index (χ4n) is 8.66.